The molecule has 178 valence electrons. The first-order chi connectivity index (χ1) is 16.4. The van der Waals surface area contributed by atoms with E-state index in [0.717, 1.165) is 22.3 Å². The molecular formula is C26H28N2O6. The number of hydrogen-bond donors (Lipinski definition) is 2. The minimum atomic E-state index is -1.25. The molecular weight excluding hydrogens is 436 g/mol. The molecule has 0 bridgehead atoms. The highest BCUT2D eigenvalue weighted by molar-refractivity contribution is 5.91. The van der Waals surface area contributed by atoms with E-state index in [1.807, 2.05) is 36.4 Å². The molecule has 2 saturated heterocycles. The Bertz CT molecular complexity index is 1080. The Balaban J connectivity index is 1.29. The first kappa shape index (κ1) is 22.4. The highest BCUT2D eigenvalue weighted by Crippen LogP contribution is 2.44. The van der Waals surface area contributed by atoms with Crippen LogP contribution in [0.4, 0.5) is 4.79 Å². The van der Waals surface area contributed by atoms with Crippen molar-refractivity contribution in [2.45, 2.75) is 37.3 Å². The van der Waals surface area contributed by atoms with E-state index in [2.05, 4.69) is 17.4 Å². The van der Waals surface area contributed by atoms with Gasteiger partial charge in [0, 0.05) is 31.5 Å². The van der Waals surface area contributed by atoms with E-state index >= 15 is 0 Å². The predicted molar refractivity (Wildman–Crippen MR) is 123 cm³/mol. The number of aliphatic carboxylic acids is 1. The fraction of sp³-hybridized carbons (Fsp3) is 0.423. The molecule has 2 heterocycles. The molecule has 3 aliphatic rings. The molecule has 2 fully saturated rings. The standard InChI is InChI=1S/C26H28N2O6/c1-16-17(23(29)30)10-12-28(16)24(31)26(11-13-33-15-26)27-25(32)34-14-22-20-8-4-2-6-18(20)19-7-3-5-9-21(19)22/h2-9,16-17,22H,10-15H2,1H3,(H,27,32)(H,29,30). The second-order valence-corrected chi connectivity index (χ2v) is 9.31. The zero-order valence-electron chi connectivity index (χ0n) is 19.0. The second-order valence-electron chi connectivity index (χ2n) is 9.31. The van der Waals surface area contributed by atoms with Crippen LogP contribution in [-0.4, -0.2) is 65.9 Å². The van der Waals surface area contributed by atoms with Crippen LogP contribution in [0, 0.1) is 5.92 Å². The van der Waals surface area contributed by atoms with E-state index in [0.29, 0.717) is 26.0 Å². The number of carboxylic acids is 1. The van der Waals surface area contributed by atoms with Crippen LogP contribution in [0.15, 0.2) is 48.5 Å². The van der Waals surface area contributed by atoms with E-state index in [-0.39, 0.29) is 25.0 Å². The number of amides is 2. The highest BCUT2D eigenvalue weighted by atomic mass is 16.6. The Labute approximate surface area is 197 Å². The molecule has 1 aliphatic carbocycles. The first-order valence-corrected chi connectivity index (χ1v) is 11.7. The van der Waals surface area contributed by atoms with Gasteiger partial charge in [-0.3, -0.25) is 9.59 Å². The summed E-state index contributed by atoms with van der Waals surface area (Å²) in [7, 11) is 0. The molecule has 0 saturated carbocycles. The minimum absolute atomic E-state index is 0.0387. The van der Waals surface area contributed by atoms with E-state index in [1.165, 1.54) is 0 Å². The molecule has 8 nitrogen and oxygen atoms in total. The summed E-state index contributed by atoms with van der Waals surface area (Å²) >= 11 is 0. The van der Waals surface area contributed by atoms with Crippen LogP contribution in [0.3, 0.4) is 0 Å². The molecule has 2 amide bonds. The van der Waals surface area contributed by atoms with Crippen molar-refractivity contribution in [3.8, 4) is 11.1 Å². The average Bonchev–Trinajstić information content (AvgIpc) is 3.54. The third-order valence-electron chi connectivity index (χ3n) is 7.45. The zero-order chi connectivity index (χ0) is 23.9. The Morgan fingerprint density at radius 1 is 1.12 bits per heavy atom. The molecule has 3 unspecified atom stereocenters. The number of alkyl carbamates (subject to hydrolysis) is 1. The van der Waals surface area contributed by atoms with Crippen LogP contribution in [0.5, 0.6) is 0 Å². The van der Waals surface area contributed by atoms with Gasteiger partial charge in [0.25, 0.3) is 5.91 Å². The van der Waals surface area contributed by atoms with E-state index < -0.39 is 29.6 Å². The summed E-state index contributed by atoms with van der Waals surface area (Å²) in [6.45, 7) is 2.59. The third kappa shape index (κ3) is 3.72. The lowest BCUT2D eigenvalue weighted by Crippen LogP contribution is -2.61. The van der Waals surface area contributed by atoms with Gasteiger partial charge in [-0.25, -0.2) is 4.79 Å². The molecule has 2 aromatic rings. The van der Waals surface area contributed by atoms with E-state index in [9.17, 15) is 19.5 Å². The summed E-state index contributed by atoms with van der Waals surface area (Å²) in [5.41, 5.74) is 3.25. The van der Waals surface area contributed by atoms with Crippen LogP contribution in [-0.2, 0) is 19.1 Å². The van der Waals surface area contributed by atoms with Crippen molar-refractivity contribution in [2.75, 3.05) is 26.4 Å². The van der Waals surface area contributed by atoms with Gasteiger partial charge >= 0.3 is 12.1 Å². The Morgan fingerprint density at radius 2 is 1.76 bits per heavy atom. The van der Waals surface area contributed by atoms with E-state index in [4.69, 9.17) is 9.47 Å². The van der Waals surface area contributed by atoms with Crippen LogP contribution < -0.4 is 5.32 Å². The second kappa shape index (κ2) is 8.76. The topological polar surface area (TPSA) is 105 Å². The van der Waals surface area contributed by atoms with Gasteiger partial charge < -0.3 is 24.8 Å². The molecule has 2 aromatic carbocycles. The molecule has 0 aromatic heterocycles. The van der Waals surface area contributed by atoms with Crippen LogP contribution >= 0.6 is 0 Å². The molecule has 5 rings (SSSR count). The quantitative estimate of drug-likeness (QED) is 0.705. The lowest BCUT2D eigenvalue weighted by atomic mass is 9.95. The number of rotatable bonds is 5. The lowest BCUT2D eigenvalue weighted by molar-refractivity contribution is -0.144. The largest absolute Gasteiger partial charge is 0.481 e. The maximum Gasteiger partial charge on any atom is 0.408 e. The summed E-state index contributed by atoms with van der Waals surface area (Å²) < 4.78 is 11.1. The van der Waals surface area contributed by atoms with Gasteiger partial charge in [0.1, 0.15) is 12.1 Å². The van der Waals surface area contributed by atoms with Crippen molar-refractivity contribution in [2.24, 2.45) is 5.92 Å². The molecule has 8 heteroatoms. The number of carbonyl (C=O) groups excluding carboxylic acids is 2. The number of carbonyl (C=O) groups is 3. The number of likely N-dealkylation sites (tertiary alicyclic amines) is 1. The fourth-order valence-corrected chi connectivity index (χ4v) is 5.55. The molecule has 0 spiro atoms. The van der Waals surface area contributed by atoms with Crippen molar-refractivity contribution in [3.05, 3.63) is 59.7 Å². The predicted octanol–water partition coefficient (Wildman–Crippen LogP) is 3.01. The maximum absolute atomic E-state index is 13.5. The summed E-state index contributed by atoms with van der Waals surface area (Å²) in [6, 6.07) is 15.7. The Morgan fingerprint density at radius 3 is 2.32 bits per heavy atom. The number of hydrogen-bond acceptors (Lipinski definition) is 5. The van der Waals surface area contributed by atoms with Crippen LogP contribution in [0.25, 0.3) is 11.1 Å². The van der Waals surface area contributed by atoms with Crippen molar-refractivity contribution in [3.63, 3.8) is 0 Å². The fourth-order valence-electron chi connectivity index (χ4n) is 5.55. The molecule has 2 aliphatic heterocycles. The first-order valence-electron chi connectivity index (χ1n) is 11.7. The van der Waals surface area contributed by atoms with Gasteiger partial charge in [0.15, 0.2) is 0 Å². The molecule has 34 heavy (non-hydrogen) atoms. The highest BCUT2D eigenvalue weighted by Gasteiger charge is 2.50. The van der Waals surface area contributed by atoms with Crippen LogP contribution in [0.2, 0.25) is 0 Å². The van der Waals surface area contributed by atoms with Gasteiger partial charge in [-0.15, -0.1) is 0 Å². The number of nitrogens with zero attached hydrogens (tertiary/aromatic N) is 1. The van der Waals surface area contributed by atoms with Crippen molar-refractivity contribution < 1.29 is 29.0 Å². The van der Waals surface area contributed by atoms with Crippen molar-refractivity contribution in [1.29, 1.82) is 0 Å². The van der Waals surface area contributed by atoms with Crippen molar-refractivity contribution >= 4 is 18.0 Å². The van der Waals surface area contributed by atoms with Gasteiger partial charge in [-0.1, -0.05) is 48.5 Å². The van der Waals surface area contributed by atoms with Gasteiger partial charge in [-0.2, -0.15) is 0 Å². The minimum Gasteiger partial charge on any atom is -0.481 e. The zero-order valence-corrected chi connectivity index (χ0v) is 19.0. The number of carboxylic acid groups (broad SMARTS) is 1. The van der Waals surface area contributed by atoms with Gasteiger partial charge in [0.05, 0.1) is 12.5 Å². The van der Waals surface area contributed by atoms with Gasteiger partial charge in [0.2, 0.25) is 0 Å². The number of nitrogens with one attached hydrogen (secondary N) is 1. The van der Waals surface area contributed by atoms with E-state index in [1.54, 1.807) is 11.8 Å². The van der Waals surface area contributed by atoms with Gasteiger partial charge in [-0.05, 0) is 35.6 Å². The summed E-state index contributed by atoms with van der Waals surface area (Å²) in [4.78, 5) is 39.4. The van der Waals surface area contributed by atoms with Crippen molar-refractivity contribution in [1.82, 2.24) is 10.2 Å². The lowest BCUT2D eigenvalue weighted by Gasteiger charge is -2.34. The smallest absolute Gasteiger partial charge is 0.408 e. The monoisotopic (exact) mass is 464 g/mol. The third-order valence-corrected chi connectivity index (χ3v) is 7.45. The maximum atomic E-state index is 13.5. The number of fused-ring (bicyclic) bond motifs is 3. The Kier molecular flexibility index (Phi) is 5.77. The normalized spacial score (nSPS) is 25.6. The summed E-state index contributed by atoms with van der Waals surface area (Å²) in [5, 5.41) is 12.2. The average molecular weight is 465 g/mol. The molecule has 0 radical (unpaired) electrons. The summed E-state index contributed by atoms with van der Waals surface area (Å²) in [6.07, 6.45) is 0.0311. The molecule has 3 atom stereocenters. The molecule has 2 N–H and O–H groups in total. The number of benzene rings is 2. The SMILES string of the molecule is CC1C(C(=O)O)CCN1C(=O)C1(NC(=O)OCC2c3ccccc3-c3ccccc32)CCOC1. The summed E-state index contributed by atoms with van der Waals surface area (Å²) in [5.74, 6) is -1.92. The Hall–Kier alpha value is -3.39. The van der Waals surface area contributed by atoms with Crippen LogP contribution in [0.1, 0.15) is 36.8 Å². The number of ether oxygens (including phenoxy) is 2.